The Balaban J connectivity index is 1.51. The van der Waals surface area contributed by atoms with Gasteiger partial charge in [-0.1, -0.05) is 29.8 Å². The number of carbonyl (C=O) groups is 3. The average molecular weight is 462 g/mol. The minimum absolute atomic E-state index is 0.0833. The van der Waals surface area contributed by atoms with E-state index in [9.17, 15) is 14.4 Å². The van der Waals surface area contributed by atoms with E-state index in [0.717, 1.165) is 21.7 Å². The van der Waals surface area contributed by atoms with Gasteiger partial charge in [0, 0.05) is 35.3 Å². The Hall–Kier alpha value is -3.58. The van der Waals surface area contributed by atoms with E-state index in [0.29, 0.717) is 17.8 Å². The summed E-state index contributed by atoms with van der Waals surface area (Å²) < 4.78 is 0. The predicted octanol–water partition coefficient (Wildman–Crippen LogP) is 5.00. The van der Waals surface area contributed by atoms with Gasteiger partial charge in [-0.25, -0.2) is 0 Å². The molecule has 0 bridgehead atoms. The molecule has 0 saturated carbocycles. The lowest BCUT2D eigenvalue weighted by molar-refractivity contribution is -0.120. The van der Waals surface area contributed by atoms with Crippen molar-refractivity contribution in [3.05, 3.63) is 89.5 Å². The summed E-state index contributed by atoms with van der Waals surface area (Å²) >= 11 is 1.44. The lowest BCUT2D eigenvalue weighted by Gasteiger charge is -2.13. The van der Waals surface area contributed by atoms with Crippen molar-refractivity contribution in [3.63, 3.8) is 0 Å². The average Bonchev–Trinajstić information content (AvgIpc) is 2.79. The SMILES string of the molecule is CC(=O)Nc1ccc(SC(C)C(=O)NCc2cccc(NC(=O)c3ccc(C)cc3)c2)cc1. The Morgan fingerprint density at radius 3 is 2.24 bits per heavy atom. The third-order valence-electron chi connectivity index (χ3n) is 4.82. The first-order chi connectivity index (χ1) is 15.8. The highest BCUT2D eigenvalue weighted by molar-refractivity contribution is 8.00. The van der Waals surface area contributed by atoms with E-state index < -0.39 is 0 Å². The van der Waals surface area contributed by atoms with Crippen molar-refractivity contribution in [3.8, 4) is 0 Å². The molecule has 1 atom stereocenters. The third kappa shape index (κ3) is 7.50. The maximum absolute atomic E-state index is 12.5. The number of thioether (sulfide) groups is 1. The largest absolute Gasteiger partial charge is 0.351 e. The molecule has 3 amide bonds. The van der Waals surface area contributed by atoms with Crippen LogP contribution in [0.5, 0.6) is 0 Å². The normalized spacial score (nSPS) is 11.4. The zero-order valence-electron chi connectivity index (χ0n) is 18.8. The van der Waals surface area contributed by atoms with Crippen LogP contribution in [0.1, 0.15) is 35.3 Å². The molecule has 0 aromatic heterocycles. The van der Waals surface area contributed by atoms with Crippen molar-refractivity contribution in [2.24, 2.45) is 0 Å². The van der Waals surface area contributed by atoms with Gasteiger partial charge in [0.05, 0.1) is 5.25 Å². The van der Waals surface area contributed by atoms with Gasteiger partial charge < -0.3 is 16.0 Å². The van der Waals surface area contributed by atoms with Crippen molar-refractivity contribution in [2.45, 2.75) is 37.5 Å². The Kier molecular flexibility index (Phi) is 8.27. The quantitative estimate of drug-likeness (QED) is 0.412. The number of aryl methyl sites for hydroxylation is 1. The van der Waals surface area contributed by atoms with Crippen LogP contribution in [-0.4, -0.2) is 23.0 Å². The summed E-state index contributed by atoms with van der Waals surface area (Å²) in [5.74, 6) is -0.382. The van der Waals surface area contributed by atoms with Crippen LogP contribution in [0, 0.1) is 6.92 Å². The van der Waals surface area contributed by atoms with E-state index in [1.807, 2.05) is 74.5 Å². The molecule has 3 aromatic carbocycles. The van der Waals surface area contributed by atoms with Crippen LogP contribution in [0.2, 0.25) is 0 Å². The van der Waals surface area contributed by atoms with Gasteiger partial charge in [-0.2, -0.15) is 0 Å². The van der Waals surface area contributed by atoms with Gasteiger partial charge >= 0.3 is 0 Å². The van der Waals surface area contributed by atoms with Crippen LogP contribution in [-0.2, 0) is 16.1 Å². The highest BCUT2D eigenvalue weighted by Gasteiger charge is 2.14. The Labute approximate surface area is 198 Å². The number of nitrogens with one attached hydrogen (secondary N) is 3. The van der Waals surface area contributed by atoms with Gasteiger partial charge in [-0.15, -0.1) is 11.8 Å². The number of benzene rings is 3. The number of hydrogen-bond acceptors (Lipinski definition) is 4. The van der Waals surface area contributed by atoms with E-state index in [-0.39, 0.29) is 23.0 Å². The summed E-state index contributed by atoms with van der Waals surface area (Å²) in [5.41, 5.74) is 3.98. The number of amides is 3. The first-order valence-electron chi connectivity index (χ1n) is 10.6. The molecule has 0 aliphatic carbocycles. The first kappa shape index (κ1) is 24.1. The Morgan fingerprint density at radius 1 is 0.879 bits per heavy atom. The molecule has 3 N–H and O–H groups in total. The molecule has 7 heteroatoms. The van der Waals surface area contributed by atoms with Gasteiger partial charge in [0.15, 0.2) is 0 Å². The molecular formula is C26H27N3O3S. The molecule has 0 aliphatic rings. The molecule has 0 fully saturated rings. The Morgan fingerprint density at radius 2 is 1.58 bits per heavy atom. The summed E-state index contributed by atoms with van der Waals surface area (Å²) in [4.78, 5) is 37.0. The standard InChI is InChI=1S/C26H27N3O3S/c1-17-7-9-21(10-8-17)26(32)29-23-6-4-5-20(15-23)16-27-25(31)18(2)33-24-13-11-22(12-14-24)28-19(3)30/h4-15,18H,16H2,1-3H3,(H,27,31)(H,28,30)(H,29,32). The summed E-state index contributed by atoms with van der Waals surface area (Å²) in [6.45, 7) is 5.64. The van der Waals surface area contributed by atoms with Crippen molar-refractivity contribution >= 4 is 40.9 Å². The van der Waals surface area contributed by atoms with E-state index in [2.05, 4.69) is 16.0 Å². The van der Waals surface area contributed by atoms with Crippen LogP contribution >= 0.6 is 11.8 Å². The molecule has 3 aromatic rings. The van der Waals surface area contributed by atoms with Gasteiger partial charge in [0.25, 0.3) is 5.91 Å². The van der Waals surface area contributed by atoms with Crippen LogP contribution in [0.3, 0.4) is 0 Å². The molecule has 0 spiro atoms. The van der Waals surface area contributed by atoms with Crippen molar-refractivity contribution in [1.29, 1.82) is 0 Å². The second-order valence-corrected chi connectivity index (χ2v) is 9.12. The number of rotatable bonds is 8. The van der Waals surface area contributed by atoms with Gasteiger partial charge in [-0.3, -0.25) is 14.4 Å². The minimum atomic E-state index is -0.291. The topological polar surface area (TPSA) is 87.3 Å². The van der Waals surface area contributed by atoms with Crippen LogP contribution < -0.4 is 16.0 Å². The lowest BCUT2D eigenvalue weighted by atomic mass is 10.1. The second kappa shape index (κ2) is 11.3. The monoisotopic (exact) mass is 461 g/mol. The fourth-order valence-electron chi connectivity index (χ4n) is 3.08. The number of anilines is 2. The lowest BCUT2D eigenvalue weighted by Crippen LogP contribution is -2.30. The van der Waals surface area contributed by atoms with Gasteiger partial charge in [0.2, 0.25) is 11.8 Å². The van der Waals surface area contributed by atoms with Crippen LogP contribution in [0.15, 0.2) is 77.7 Å². The maximum Gasteiger partial charge on any atom is 0.255 e. The zero-order valence-corrected chi connectivity index (χ0v) is 19.7. The summed E-state index contributed by atoms with van der Waals surface area (Å²) in [5, 5.41) is 8.27. The fraction of sp³-hybridized carbons (Fsp3) is 0.192. The summed E-state index contributed by atoms with van der Waals surface area (Å²) in [6.07, 6.45) is 0. The zero-order chi connectivity index (χ0) is 23.8. The molecule has 0 radical (unpaired) electrons. The van der Waals surface area contributed by atoms with Gasteiger partial charge in [-0.05, 0) is 67.9 Å². The van der Waals surface area contributed by atoms with E-state index >= 15 is 0 Å². The molecule has 1 unspecified atom stereocenters. The molecule has 33 heavy (non-hydrogen) atoms. The molecule has 0 aliphatic heterocycles. The van der Waals surface area contributed by atoms with Crippen molar-refractivity contribution in [1.82, 2.24) is 5.32 Å². The highest BCUT2D eigenvalue weighted by atomic mass is 32.2. The molecular weight excluding hydrogens is 434 g/mol. The maximum atomic E-state index is 12.5. The van der Waals surface area contributed by atoms with Crippen molar-refractivity contribution in [2.75, 3.05) is 10.6 Å². The summed E-state index contributed by atoms with van der Waals surface area (Å²) in [6, 6.07) is 22.2. The van der Waals surface area contributed by atoms with Gasteiger partial charge in [0.1, 0.15) is 0 Å². The second-order valence-electron chi connectivity index (χ2n) is 7.70. The van der Waals surface area contributed by atoms with E-state index in [1.54, 1.807) is 12.1 Å². The Bertz CT molecular complexity index is 1130. The molecule has 0 heterocycles. The minimum Gasteiger partial charge on any atom is -0.351 e. The van der Waals surface area contributed by atoms with Crippen molar-refractivity contribution < 1.29 is 14.4 Å². The highest BCUT2D eigenvalue weighted by Crippen LogP contribution is 2.25. The molecule has 3 rings (SSSR count). The van der Waals surface area contributed by atoms with E-state index in [1.165, 1.54) is 18.7 Å². The smallest absolute Gasteiger partial charge is 0.255 e. The van der Waals surface area contributed by atoms with Crippen LogP contribution in [0.25, 0.3) is 0 Å². The van der Waals surface area contributed by atoms with Crippen LogP contribution in [0.4, 0.5) is 11.4 Å². The predicted molar refractivity (Wildman–Crippen MR) is 133 cm³/mol. The number of hydrogen-bond donors (Lipinski definition) is 3. The third-order valence-corrected chi connectivity index (χ3v) is 5.93. The summed E-state index contributed by atoms with van der Waals surface area (Å²) in [7, 11) is 0. The molecule has 0 saturated heterocycles. The molecule has 170 valence electrons. The number of carbonyl (C=O) groups excluding carboxylic acids is 3. The molecule has 6 nitrogen and oxygen atoms in total. The fourth-order valence-corrected chi connectivity index (χ4v) is 3.97. The van der Waals surface area contributed by atoms with E-state index in [4.69, 9.17) is 0 Å². The first-order valence-corrected chi connectivity index (χ1v) is 11.5.